The van der Waals surface area contributed by atoms with E-state index in [1.54, 1.807) is 0 Å². The normalized spacial score (nSPS) is 10.5. The zero-order valence-corrected chi connectivity index (χ0v) is 5.82. The van der Waals surface area contributed by atoms with Gasteiger partial charge in [-0.2, -0.15) is 8.42 Å². The quantitative estimate of drug-likeness (QED) is 0.555. The third kappa shape index (κ3) is 1.79. The van der Waals surface area contributed by atoms with Gasteiger partial charge in [0, 0.05) is 12.4 Å². The lowest BCUT2D eigenvalue weighted by atomic mass is 11.0. The average Bonchev–Trinajstić information content (AvgIpc) is 2.08. The molecule has 0 aromatic carbocycles. The van der Waals surface area contributed by atoms with Gasteiger partial charge in [0.2, 0.25) is 0 Å². The molecule has 1 aromatic heterocycles. The third-order valence-electron chi connectivity index (χ3n) is 0.747. The predicted octanol–water partition coefficient (Wildman–Crippen LogP) is -0.304. The highest BCUT2D eigenvalue weighted by Gasteiger charge is 2.03. The van der Waals surface area contributed by atoms with Crippen LogP contribution in [0.25, 0.3) is 0 Å². The number of nitrogens with zero attached hydrogens (tertiary/aromatic N) is 2. The van der Waals surface area contributed by atoms with E-state index in [9.17, 15) is 8.42 Å². The van der Waals surface area contributed by atoms with E-state index in [-0.39, 0.29) is 6.15 Å². The predicted molar refractivity (Wildman–Crippen MR) is 34.2 cm³/mol. The number of hydrogen-bond acceptors (Lipinski definition) is 4. The number of rotatable bonds is 1. The second-order valence-corrected chi connectivity index (χ2v) is 2.69. The molecule has 0 radical (unpaired) electrons. The summed E-state index contributed by atoms with van der Waals surface area (Å²) >= 11 is 0. The Labute approximate surface area is 58.0 Å². The molecule has 0 bridgehead atoms. The van der Waals surface area contributed by atoms with Crippen molar-refractivity contribution in [2.24, 2.45) is 0 Å². The van der Waals surface area contributed by atoms with Crippen molar-refractivity contribution in [1.29, 1.82) is 0 Å². The molecule has 6 nitrogen and oxygen atoms in total. The van der Waals surface area contributed by atoms with Gasteiger partial charge in [0.15, 0.2) is 0 Å². The van der Waals surface area contributed by atoms with E-state index in [2.05, 4.69) is 4.98 Å². The molecule has 0 saturated heterocycles. The van der Waals surface area contributed by atoms with E-state index in [1.807, 2.05) is 0 Å². The summed E-state index contributed by atoms with van der Waals surface area (Å²) in [6.45, 7) is 0. The molecule has 0 aliphatic rings. The molecule has 1 rings (SSSR count). The molecule has 0 amide bonds. The van der Waals surface area contributed by atoms with Gasteiger partial charge in [-0.25, -0.2) is 8.96 Å². The molecule has 0 fully saturated rings. The first kappa shape index (κ1) is 9.08. The molecule has 0 spiro atoms. The second-order valence-electron chi connectivity index (χ2n) is 1.37. The summed E-state index contributed by atoms with van der Waals surface area (Å²) < 4.78 is 29.2. The molecule has 1 aromatic rings. The van der Waals surface area contributed by atoms with Crippen molar-refractivity contribution in [3.05, 3.63) is 18.7 Å². The van der Waals surface area contributed by atoms with Crippen molar-refractivity contribution < 1.29 is 13.0 Å². The van der Waals surface area contributed by atoms with Crippen LogP contribution in [-0.4, -0.2) is 21.9 Å². The van der Waals surface area contributed by atoms with Gasteiger partial charge >= 0.3 is 10.3 Å². The molecule has 0 saturated carbocycles. The van der Waals surface area contributed by atoms with Gasteiger partial charge in [-0.15, -0.1) is 0 Å². The van der Waals surface area contributed by atoms with Gasteiger partial charge in [-0.05, 0) is 0 Å². The Balaban J connectivity index is 0.000000810. The number of hydrogen-bond donors (Lipinski definition) is 2. The monoisotopic (exact) mass is 165 g/mol. The van der Waals surface area contributed by atoms with Crippen LogP contribution in [0, 0.1) is 0 Å². The number of aromatic nitrogens is 2. The maximum atomic E-state index is 10.2. The Morgan fingerprint density at radius 1 is 1.50 bits per heavy atom. The first-order valence-electron chi connectivity index (χ1n) is 2.06. The highest BCUT2D eigenvalue weighted by Crippen LogP contribution is 1.89. The Bertz CT molecular complexity index is 276. The fraction of sp³-hybridized carbons (Fsp3) is 0. The van der Waals surface area contributed by atoms with Crippen molar-refractivity contribution >= 4 is 10.3 Å². The summed E-state index contributed by atoms with van der Waals surface area (Å²) in [7, 11) is -4.11. The Hall–Kier alpha value is -0.920. The fourth-order valence-corrected chi connectivity index (χ4v) is 0.765. The lowest BCUT2D eigenvalue weighted by Gasteiger charge is -1.91. The molecule has 7 heteroatoms. The SMILES string of the molecule is N.O=S(=O)(O)n1ccnc1. The topological polar surface area (TPSA) is 107 Å². The molecule has 0 unspecified atom stereocenters. The molecular formula is C3H7N3O3S. The molecule has 0 aliphatic carbocycles. The molecule has 0 aliphatic heterocycles. The summed E-state index contributed by atoms with van der Waals surface area (Å²) in [6, 6.07) is 0. The molecule has 4 N–H and O–H groups in total. The highest BCUT2D eigenvalue weighted by molar-refractivity contribution is 7.84. The van der Waals surface area contributed by atoms with Gasteiger partial charge < -0.3 is 6.15 Å². The van der Waals surface area contributed by atoms with Gasteiger partial charge in [0.05, 0.1) is 0 Å². The second kappa shape index (κ2) is 2.78. The Kier molecular flexibility index (Phi) is 2.52. The lowest BCUT2D eigenvalue weighted by molar-refractivity contribution is 0.472. The minimum Gasteiger partial charge on any atom is -0.344 e. The number of imidazole rings is 1. The molecule has 10 heavy (non-hydrogen) atoms. The Morgan fingerprint density at radius 2 is 2.10 bits per heavy atom. The van der Waals surface area contributed by atoms with E-state index in [0.717, 1.165) is 12.5 Å². The van der Waals surface area contributed by atoms with Crippen LogP contribution in [0.4, 0.5) is 0 Å². The van der Waals surface area contributed by atoms with Gasteiger partial charge in [-0.3, -0.25) is 4.55 Å². The van der Waals surface area contributed by atoms with E-state index >= 15 is 0 Å². The summed E-state index contributed by atoms with van der Waals surface area (Å²) in [5, 5.41) is 0. The van der Waals surface area contributed by atoms with Crippen molar-refractivity contribution in [2.75, 3.05) is 0 Å². The fourth-order valence-electron chi connectivity index (χ4n) is 0.383. The third-order valence-corrected chi connectivity index (χ3v) is 1.50. The zero-order chi connectivity index (χ0) is 6.91. The Morgan fingerprint density at radius 3 is 2.30 bits per heavy atom. The summed E-state index contributed by atoms with van der Waals surface area (Å²) in [5.41, 5.74) is 0. The lowest BCUT2D eigenvalue weighted by Crippen LogP contribution is -2.07. The van der Waals surface area contributed by atoms with Crippen LogP contribution in [0.15, 0.2) is 18.7 Å². The van der Waals surface area contributed by atoms with E-state index < -0.39 is 10.3 Å². The van der Waals surface area contributed by atoms with E-state index in [4.69, 9.17) is 4.55 Å². The average molecular weight is 165 g/mol. The smallest absolute Gasteiger partial charge is 0.344 e. The van der Waals surface area contributed by atoms with Crippen molar-refractivity contribution in [2.45, 2.75) is 0 Å². The molecular weight excluding hydrogens is 158 g/mol. The standard InChI is InChI=1S/C3H4N2O3S.H3N/c6-9(7,8)5-2-1-4-3-5;/h1-3H,(H,6,7,8);1H3. The summed E-state index contributed by atoms with van der Waals surface area (Å²) in [4.78, 5) is 3.41. The molecule has 0 atom stereocenters. The zero-order valence-electron chi connectivity index (χ0n) is 5.01. The van der Waals surface area contributed by atoms with Crippen LogP contribution in [0.1, 0.15) is 0 Å². The minimum atomic E-state index is -4.11. The molecule has 1 heterocycles. The largest absolute Gasteiger partial charge is 0.364 e. The maximum absolute atomic E-state index is 10.2. The van der Waals surface area contributed by atoms with Crippen LogP contribution < -0.4 is 6.15 Å². The van der Waals surface area contributed by atoms with Crippen LogP contribution in [0.3, 0.4) is 0 Å². The van der Waals surface area contributed by atoms with E-state index in [0.29, 0.717) is 3.97 Å². The maximum Gasteiger partial charge on any atom is 0.364 e. The van der Waals surface area contributed by atoms with E-state index in [1.165, 1.54) is 6.20 Å². The minimum absolute atomic E-state index is 0. The van der Waals surface area contributed by atoms with Crippen molar-refractivity contribution in [3.8, 4) is 0 Å². The van der Waals surface area contributed by atoms with Crippen LogP contribution in [-0.2, 0) is 10.3 Å². The summed E-state index contributed by atoms with van der Waals surface area (Å²) in [6.07, 6.45) is 3.39. The highest BCUT2D eigenvalue weighted by atomic mass is 32.2. The van der Waals surface area contributed by atoms with Crippen LogP contribution >= 0.6 is 0 Å². The van der Waals surface area contributed by atoms with Gasteiger partial charge in [0.1, 0.15) is 6.33 Å². The van der Waals surface area contributed by atoms with Crippen molar-refractivity contribution in [3.63, 3.8) is 0 Å². The first-order chi connectivity index (χ1) is 4.11. The van der Waals surface area contributed by atoms with Gasteiger partial charge in [0.25, 0.3) is 0 Å². The first-order valence-corrected chi connectivity index (χ1v) is 3.46. The van der Waals surface area contributed by atoms with Crippen LogP contribution in [0.2, 0.25) is 0 Å². The molecule has 58 valence electrons. The summed E-state index contributed by atoms with van der Waals surface area (Å²) in [5.74, 6) is 0. The van der Waals surface area contributed by atoms with Gasteiger partial charge in [-0.1, -0.05) is 0 Å². The van der Waals surface area contributed by atoms with Crippen LogP contribution in [0.5, 0.6) is 0 Å². The van der Waals surface area contributed by atoms with Crippen molar-refractivity contribution in [1.82, 2.24) is 15.1 Å².